The van der Waals surface area contributed by atoms with Crippen LogP contribution in [0.2, 0.25) is 0 Å². The monoisotopic (exact) mass is 1020 g/mol. The number of terminal acetylenes is 1. The lowest BCUT2D eigenvalue weighted by molar-refractivity contribution is -0.126. The van der Waals surface area contributed by atoms with E-state index in [1.165, 1.54) is 6.07 Å². The third-order valence-corrected chi connectivity index (χ3v) is 15.3. The number of amides is 4. The van der Waals surface area contributed by atoms with E-state index in [-0.39, 0.29) is 84.3 Å². The molecule has 5 fully saturated rings. The van der Waals surface area contributed by atoms with Gasteiger partial charge in [0.15, 0.2) is 5.82 Å². The quantitative estimate of drug-likeness (QED) is 0.0380. The highest BCUT2D eigenvalue weighted by Crippen LogP contribution is 2.45. The van der Waals surface area contributed by atoms with Gasteiger partial charge in [-0.25, -0.2) is 13.6 Å². The number of ether oxygens (including phenoxy) is 4. The lowest BCUT2D eigenvalue weighted by Crippen LogP contribution is -2.52. The lowest BCUT2D eigenvalue weighted by Gasteiger charge is -2.35. The number of benzene rings is 3. The predicted molar refractivity (Wildman–Crippen MR) is 274 cm³/mol. The zero-order chi connectivity index (χ0) is 51.8. The average molecular weight is 1030 g/mol. The van der Waals surface area contributed by atoms with Crippen LogP contribution in [-0.2, 0) is 19.0 Å². The van der Waals surface area contributed by atoms with Gasteiger partial charge in [0, 0.05) is 80.2 Å². The minimum Gasteiger partial charge on any atom is -0.461 e. The van der Waals surface area contributed by atoms with Crippen molar-refractivity contribution in [2.75, 3.05) is 89.1 Å². The van der Waals surface area contributed by atoms with Crippen molar-refractivity contribution in [1.29, 1.82) is 0 Å². The third kappa shape index (κ3) is 9.81. The summed E-state index contributed by atoms with van der Waals surface area (Å²) in [4.78, 5) is 71.1. The van der Waals surface area contributed by atoms with Crippen LogP contribution in [0.15, 0.2) is 66.9 Å². The highest BCUT2D eigenvalue weighted by molar-refractivity contribution is 6.23. The fourth-order valence-corrected chi connectivity index (χ4v) is 11.8. The van der Waals surface area contributed by atoms with Crippen LogP contribution >= 0.6 is 0 Å². The molecule has 11 rings (SSSR count). The van der Waals surface area contributed by atoms with E-state index in [9.17, 15) is 19.2 Å². The number of pyridine rings is 1. The van der Waals surface area contributed by atoms with Crippen LogP contribution < -0.4 is 30.9 Å². The van der Waals surface area contributed by atoms with E-state index in [4.69, 9.17) is 35.3 Å². The summed E-state index contributed by atoms with van der Waals surface area (Å²) < 4.78 is 55.7. The van der Waals surface area contributed by atoms with E-state index >= 15 is 8.78 Å². The Kier molecular flexibility index (Phi) is 14.1. The average Bonchev–Trinajstić information content (AvgIpc) is 4.12. The van der Waals surface area contributed by atoms with Gasteiger partial charge in [0.25, 0.3) is 11.8 Å². The number of anilines is 2. The number of hydrogen-bond donors (Lipinski definition) is 4. The molecule has 2 bridgehead atoms. The number of piperazine rings is 1. The molecule has 390 valence electrons. The van der Waals surface area contributed by atoms with Crippen LogP contribution in [0.25, 0.3) is 32.9 Å². The molecule has 75 heavy (non-hydrogen) atoms. The smallest absolute Gasteiger partial charge is 0.407 e. The maximum absolute atomic E-state index is 17.2. The number of halogens is 2. The zero-order valence-electron chi connectivity index (χ0n) is 41.4. The Balaban J connectivity index is 0.657. The SMILES string of the molecule is C#Cc1c(F)ccc2cccc(-c3ncc4c(N5CC6CCC(C5)N6)nc(OC[C@@]56CC[C@@H](COC(=O)NCCOCCOCCNc7ccc8c(c7)C(=O)N(C7CCCNC7=O)C8=O)N5CC(=C)C6)nc4c3F)c12. The van der Waals surface area contributed by atoms with E-state index in [0.29, 0.717) is 105 Å². The molecular formula is C55H58F2N10O8. The number of nitrogens with one attached hydrogen (secondary N) is 4. The second-order valence-electron chi connectivity index (χ2n) is 20.2. The number of hydrogen-bond acceptors (Lipinski definition) is 15. The summed E-state index contributed by atoms with van der Waals surface area (Å²) in [6.07, 6.45) is 12.2. The summed E-state index contributed by atoms with van der Waals surface area (Å²) in [5.41, 5.74) is 2.17. The topological polar surface area (TPSA) is 202 Å². The largest absolute Gasteiger partial charge is 0.461 e. The molecule has 5 atom stereocenters. The van der Waals surface area contributed by atoms with Crippen LogP contribution in [0.4, 0.5) is 25.1 Å². The molecule has 20 heteroatoms. The first-order valence-electron chi connectivity index (χ1n) is 25.7. The van der Waals surface area contributed by atoms with E-state index in [1.54, 1.807) is 48.7 Å². The van der Waals surface area contributed by atoms with Crippen LogP contribution in [0.5, 0.6) is 6.01 Å². The number of alkyl carbamates (subject to hydrolysis) is 1. The molecule has 0 aliphatic carbocycles. The van der Waals surface area contributed by atoms with Crippen molar-refractivity contribution in [3.05, 3.63) is 95.2 Å². The number of piperidine rings is 1. The summed E-state index contributed by atoms with van der Waals surface area (Å²) in [7, 11) is 0. The molecule has 0 spiro atoms. The van der Waals surface area contributed by atoms with Crippen molar-refractivity contribution < 1.29 is 46.9 Å². The summed E-state index contributed by atoms with van der Waals surface area (Å²) in [6, 6.07) is 12.8. The van der Waals surface area contributed by atoms with Crippen molar-refractivity contribution >= 4 is 57.0 Å². The van der Waals surface area contributed by atoms with Crippen molar-refractivity contribution in [3.8, 4) is 29.6 Å². The third-order valence-electron chi connectivity index (χ3n) is 15.3. The second kappa shape index (κ2) is 21.1. The number of rotatable bonds is 18. The molecule has 3 unspecified atom stereocenters. The number of carbonyl (C=O) groups is 4. The molecule has 3 aromatic carbocycles. The first-order chi connectivity index (χ1) is 36.5. The standard InChI is InChI=1S/C55H58F2N10O8/c1-3-38-43(56)14-9-33-6-4-7-40(45(33)38)47-46(57)48-42(26-61-47)49(65-28-35-10-11-36(29-65)62-35)64-53(63-48)75-31-55-16-15-37(66(55)27-32(2)25-55)30-74-54(71)60-19-21-73-23-22-72-20-18-58-34-12-13-39-41(24-34)52(70)67(51(39)69)44-8-5-17-59-50(44)68/h1,4,6-7,9,12-14,24,26,35-37,44,58,62H,2,5,8,10-11,15-23,25,27-31H2,(H,59,68)(H,60,71)/t35?,36?,37-,44?,55-/m0/s1. The molecule has 4 N–H and O–H groups in total. The van der Waals surface area contributed by atoms with Crippen molar-refractivity contribution in [2.45, 2.75) is 74.7 Å². The minimum absolute atomic E-state index is 0.0121. The van der Waals surface area contributed by atoms with Crippen molar-refractivity contribution in [2.24, 2.45) is 0 Å². The molecule has 8 heterocycles. The van der Waals surface area contributed by atoms with Crippen LogP contribution in [0, 0.1) is 24.0 Å². The number of fused-ring (bicyclic) bond motifs is 6. The maximum atomic E-state index is 17.2. The highest BCUT2D eigenvalue weighted by atomic mass is 19.1. The first kappa shape index (κ1) is 49.9. The Bertz CT molecular complexity index is 3140. The van der Waals surface area contributed by atoms with Gasteiger partial charge < -0.3 is 45.1 Å². The summed E-state index contributed by atoms with van der Waals surface area (Å²) >= 11 is 0. The normalized spacial score (nSPS) is 23.2. The Morgan fingerprint density at radius 2 is 1.73 bits per heavy atom. The molecule has 2 aromatic heterocycles. The second-order valence-corrected chi connectivity index (χ2v) is 20.2. The molecular weight excluding hydrogens is 967 g/mol. The molecule has 5 saturated heterocycles. The number of nitrogens with zero attached hydrogens (tertiary/aromatic N) is 6. The van der Waals surface area contributed by atoms with Gasteiger partial charge in [0.05, 0.1) is 54.0 Å². The molecule has 6 aliphatic rings. The number of aromatic nitrogens is 3. The molecule has 6 aliphatic heterocycles. The fourth-order valence-electron chi connectivity index (χ4n) is 11.8. The van der Waals surface area contributed by atoms with Crippen LogP contribution in [-0.4, -0.2) is 157 Å². The van der Waals surface area contributed by atoms with Gasteiger partial charge in [-0.05, 0) is 74.6 Å². The fraction of sp³-hybridized carbons (Fsp3) is 0.436. The molecule has 0 radical (unpaired) electrons. The Hall–Kier alpha value is -7.31. The van der Waals surface area contributed by atoms with E-state index in [0.717, 1.165) is 36.2 Å². The van der Waals surface area contributed by atoms with Gasteiger partial charge >= 0.3 is 12.1 Å². The molecule has 5 aromatic rings. The lowest BCUT2D eigenvalue weighted by atomic mass is 9.94. The molecule has 0 saturated carbocycles. The van der Waals surface area contributed by atoms with E-state index in [2.05, 4.69) is 48.6 Å². The van der Waals surface area contributed by atoms with Gasteiger partial charge in [0.2, 0.25) is 5.91 Å². The van der Waals surface area contributed by atoms with Crippen LogP contribution in [0.1, 0.15) is 71.2 Å². The minimum atomic E-state index is -0.794. The molecule has 18 nitrogen and oxygen atoms in total. The summed E-state index contributed by atoms with van der Waals surface area (Å²) in [5, 5.41) is 13.8. The Morgan fingerprint density at radius 3 is 2.53 bits per heavy atom. The summed E-state index contributed by atoms with van der Waals surface area (Å²) in [6.45, 7) is 9.06. The van der Waals surface area contributed by atoms with Gasteiger partial charge in [-0.15, -0.1) is 6.42 Å². The highest BCUT2D eigenvalue weighted by Gasteiger charge is 2.52. The van der Waals surface area contributed by atoms with E-state index in [1.807, 2.05) is 0 Å². The first-order valence-corrected chi connectivity index (χ1v) is 25.7. The van der Waals surface area contributed by atoms with Crippen LogP contribution in [0.3, 0.4) is 0 Å². The predicted octanol–water partition coefficient (Wildman–Crippen LogP) is 5.33. The van der Waals surface area contributed by atoms with Crippen molar-refractivity contribution in [1.82, 2.24) is 40.7 Å². The zero-order valence-corrected chi connectivity index (χ0v) is 41.4. The Morgan fingerprint density at radius 1 is 0.933 bits per heavy atom. The summed E-state index contributed by atoms with van der Waals surface area (Å²) in [5.74, 6) is 0.478. The Labute approximate surface area is 431 Å². The molecule has 4 amide bonds. The van der Waals surface area contributed by atoms with Gasteiger partial charge in [-0.1, -0.05) is 42.3 Å². The van der Waals surface area contributed by atoms with Gasteiger partial charge in [-0.2, -0.15) is 9.97 Å². The van der Waals surface area contributed by atoms with Gasteiger partial charge in [0.1, 0.15) is 42.1 Å². The van der Waals surface area contributed by atoms with Gasteiger partial charge in [-0.3, -0.25) is 29.2 Å². The number of imide groups is 1. The number of carbonyl (C=O) groups excluding carboxylic acids is 4. The van der Waals surface area contributed by atoms with E-state index < -0.39 is 41.1 Å². The maximum Gasteiger partial charge on any atom is 0.407 e. The van der Waals surface area contributed by atoms with Crippen molar-refractivity contribution in [3.63, 3.8) is 0 Å².